The lowest BCUT2D eigenvalue weighted by Gasteiger charge is -2.39. The number of benzene rings is 1. The molecule has 0 aromatic heterocycles. The van der Waals surface area contributed by atoms with Crippen LogP contribution in [-0.4, -0.2) is 49.1 Å². The second kappa shape index (κ2) is 7.56. The summed E-state index contributed by atoms with van der Waals surface area (Å²) in [7, 11) is 0. The van der Waals surface area contributed by atoms with Crippen LogP contribution in [0.2, 0.25) is 0 Å². The summed E-state index contributed by atoms with van der Waals surface area (Å²) in [5, 5.41) is 3.82. The molecule has 132 valence electrons. The van der Waals surface area contributed by atoms with Crippen molar-refractivity contribution in [2.45, 2.75) is 58.5 Å². The van der Waals surface area contributed by atoms with Crippen molar-refractivity contribution in [1.82, 2.24) is 10.2 Å². The van der Waals surface area contributed by atoms with Crippen molar-refractivity contribution in [2.75, 3.05) is 31.1 Å². The molecule has 0 saturated carbocycles. The maximum atomic E-state index is 11.6. The van der Waals surface area contributed by atoms with Gasteiger partial charge in [-0.2, -0.15) is 0 Å². The van der Waals surface area contributed by atoms with Crippen LogP contribution in [0, 0.1) is 13.8 Å². The first-order valence-electron chi connectivity index (χ1n) is 9.36. The Hall–Kier alpha value is -1.55. The number of aryl methyl sites for hydroxylation is 2. The Labute approximate surface area is 146 Å². The zero-order chi connectivity index (χ0) is 17.1. The van der Waals surface area contributed by atoms with Gasteiger partial charge in [-0.3, -0.25) is 4.79 Å². The van der Waals surface area contributed by atoms with Crippen LogP contribution in [0.3, 0.4) is 0 Å². The van der Waals surface area contributed by atoms with E-state index >= 15 is 0 Å². The minimum atomic E-state index is 0.214. The quantitative estimate of drug-likeness (QED) is 0.926. The highest BCUT2D eigenvalue weighted by Gasteiger charge is 2.26. The van der Waals surface area contributed by atoms with Crippen LogP contribution in [0.5, 0.6) is 0 Å². The van der Waals surface area contributed by atoms with Crippen LogP contribution < -0.4 is 10.2 Å². The van der Waals surface area contributed by atoms with Crippen LogP contribution >= 0.6 is 0 Å². The predicted molar refractivity (Wildman–Crippen MR) is 99.6 cm³/mol. The Morgan fingerprint density at radius 2 is 1.67 bits per heavy atom. The smallest absolute Gasteiger partial charge is 0.219 e. The predicted octanol–water partition coefficient (Wildman–Crippen LogP) is 2.87. The summed E-state index contributed by atoms with van der Waals surface area (Å²) in [5.41, 5.74) is 4.06. The maximum absolute atomic E-state index is 11.6. The third kappa shape index (κ3) is 4.29. The number of rotatable bonds is 3. The molecule has 2 heterocycles. The van der Waals surface area contributed by atoms with Crippen LogP contribution in [0.1, 0.15) is 43.7 Å². The molecule has 2 aliphatic heterocycles. The molecule has 1 amide bonds. The lowest BCUT2D eigenvalue weighted by molar-refractivity contribution is -0.130. The number of nitrogens with one attached hydrogen (secondary N) is 1. The van der Waals surface area contributed by atoms with E-state index in [1.54, 1.807) is 6.92 Å². The number of piperidine rings is 2. The van der Waals surface area contributed by atoms with Gasteiger partial charge in [0.25, 0.3) is 0 Å². The van der Waals surface area contributed by atoms with E-state index < -0.39 is 0 Å². The van der Waals surface area contributed by atoms with Gasteiger partial charge in [-0.1, -0.05) is 6.07 Å². The average molecular weight is 329 g/mol. The molecule has 0 aliphatic carbocycles. The summed E-state index contributed by atoms with van der Waals surface area (Å²) < 4.78 is 0. The first-order chi connectivity index (χ1) is 11.5. The van der Waals surface area contributed by atoms with Crippen molar-refractivity contribution in [2.24, 2.45) is 0 Å². The van der Waals surface area contributed by atoms with E-state index in [1.165, 1.54) is 36.1 Å². The van der Waals surface area contributed by atoms with E-state index in [0.29, 0.717) is 12.1 Å². The molecule has 1 N–H and O–H groups in total. The summed E-state index contributed by atoms with van der Waals surface area (Å²) in [6.45, 7) is 10.1. The van der Waals surface area contributed by atoms with E-state index in [9.17, 15) is 4.79 Å². The zero-order valence-electron chi connectivity index (χ0n) is 15.3. The Kier molecular flexibility index (Phi) is 5.44. The summed E-state index contributed by atoms with van der Waals surface area (Å²) >= 11 is 0. The van der Waals surface area contributed by atoms with Gasteiger partial charge in [-0.15, -0.1) is 0 Å². The molecule has 0 radical (unpaired) electrons. The van der Waals surface area contributed by atoms with Crippen molar-refractivity contribution in [3.05, 3.63) is 29.3 Å². The maximum Gasteiger partial charge on any atom is 0.219 e. The van der Waals surface area contributed by atoms with Gasteiger partial charge < -0.3 is 15.1 Å². The number of likely N-dealkylation sites (tertiary alicyclic amines) is 1. The molecule has 1 atom stereocenters. The number of anilines is 1. The largest absolute Gasteiger partial charge is 0.371 e. The number of hydrogen-bond donors (Lipinski definition) is 1. The third-order valence-corrected chi connectivity index (χ3v) is 5.40. The molecule has 4 heteroatoms. The van der Waals surface area contributed by atoms with Gasteiger partial charge in [0.05, 0.1) is 0 Å². The number of nitrogens with zero attached hydrogens (tertiary/aromatic N) is 2. The Morgan fingerprint density at radius 3 is 2.29 bits per heavy atom. The fraction of sp³-hybridized carbons (Fsp3) is 0.650. The molecular formula is C20H31N3O. The minimum Gasteiger partial charge on any atom is -0.371 e. The normalized spacial score (nSPS) is 22.7. The van der Waals surface area contributed by atoms with Crippen LogP contribution in [0.4, 0.5) is 5.69 Å². The number of amides is 1. The van der Waals surface area contributed by atoms with Gasteiger partial charge in [0.1, 0.15) is 0 Å². The van der Waals surface area contributed by atoms with Crippen molar-refractivity contribution in [1.29, 1.82) is 0 Å². The lowest BCUT2D eigenvalue weighted by Crippen LogP contribution is -2.52. The number of carbonyl (C=O) groups excluding carboxylic acids is 1. The fourth-order valence-electron chi connectivity index (χ4n) is 4.17. The lowest BCUT2D eigenvalue weighted by atomic mass is 9.99. The first-order valence-corrected chi connectivity index (χ1v) is 9.36. The SMILES string of the molecule is CC(=O)N1CCC[C@H](NC2CCN(c3cc(C)cc(C)c3)CC2)C1. The molecule has 3 rings (SSSR count). The van der Waals surface area contributed by atoms with Gasteiger partial charge in [0.2, 0.25) is 5.91 Å². The van der Waals surface area contributed by atoms with Crippen LogP contribution in [-0.2, 0) is 4.79 Å². The highest BCUT2D eigenvalue weighted by atomic mass is 16.2. The van der Waals surface area contributed by atoms with Gasteiger partial charge in [0, 0.05) is 50.9 Å². The molecule has 1 aromatic carbocycles. The highest BCUT2D eigenvalue weighted by Crippen LogP contribution is 2.23. The second-order valence-corrected chi connectivity index (χ2v) is 7.58. The molecule has 1 aromatic rings. The summed E-state index contributed by atoms with van der Waals surface area (Å²) in [6.07, 6.45) is 4.69. The highest BCUT2D eigenvalue weighted by molar-refractivity contribution is 5.73. The Bertz CT molecular complexity index is 558. The molecule has 4 nitrogen and oxygen atoms in total. The molecule has 0 unspecified atom stereocenters. The Balaban J connectivity index is 1.51. The van der Waals surface area contributed by atoms with Gasteiger partial charge >= 0.3 is 0 Å². The second-order valence-electron chi connectivity index (χ2n) is 7.58. The van der Waals surface area contributed by atoms with Crippen LogP contribution in [0.15, 0.2) is 18.2 Å². The van der Waals surface area contributed by atoms with Gasteiger partial charge in [-0.05, 0) is 62.8 Å². The van der Waals surface area contributed by atoms with E-state index in [-0.39, 0.29) is 5.91 Å². The summed E-state index contributed by atoms with van der Waals surface area (Å²) in [4.78, 5) is 16.1. The number of hydrogen-bond acceptors (Lipinski definition) is 3. The first kappa shape index (κ1) is 17.3. The van der Waals surface area contributed by atoms with Gasteiger partial charge in [-0.25, -0.2) is 0 Å². The summed E-state index contributed by atoms with van der Waals surface area (Å²) in [6, 6.07) is 7.89. The van der Waals surface area contributed by atoms with E-state index in [2.05, 4.69) is 42.3 Å². The molecule has 2 saturated heterocycles. The van der Waals surface area contributed by atoms with Crippen LogP contribution in [0.25, 0.3) is 0 Å². The molecule has 24 heavy (non-hydrogen) atoms. The third-order valence-electron chi connectivity index (χ3n) is 5.40. The molecule has 0 spiro atoms. The minimum absolute atomic E-state index is 0.214. The average Bonchev–Trinajstić information content (AvgIpc) is 2.55. The van der Waals surface area contributed by atoms with E-state index in [1.807, 2.05) is 4.90 Å². The van der Waals surface area contributed by atoms with Crippen molar-refractivity contribution in [3.63, 3.8) is 0 Å². The molecular weight excluding hydrogens is 298 g/mol. The molecule has 2 fully saturated rings. The fourth-order valence-corrected chi connectivity index (χ4v) is 4.17. The van der Waals surface area contributed by atoms with Gasteiger partial charge in [0.15, 0.2) is 0 Å². The zero-order valence-corrected chi connectivity index (χ0v) is 15.3. The topological polar surface area (TPSA) is 35.6 Å². The molecule has 0 bridgehead atoms. The van der Waals surface area contributed by atoms with E-state index in [0.717, 1.165) is 32.6 Å². The number of carbonyl (C=O) groups is 1. The Morgan fingerprint density at radius 1 is 1.00 bits per heavy atom. The monoisotopic (exact) mass is 329 g/mol. The van der Waals surface area contributed by atoms with E-state index in [4.69, 9.17) is 0 Å². The van der Waals surface area contributed by atoms with Crippen molar-refractivity contribution in [3.8, 4) is 0 Å². The van der Waals surface area contributed by atoms with Crippen molar-refractivity contribution >= 4 is 11.6 Å². The van der Waals surface area contributed by atoms with Crippen molar-refractivity contribution < 1.29 is 4.79 Å². The standard InChI is InChI=1S/C20H31N3O/c1-15-11-16(2)13-20(12-15)22-9-6-18(7-10-22)21-19-5-4-8-23(14-19)17(3)24/h11-13,18-19,21H,4-10,14H2,1-3H3/t19-/m0/s1. The summed E-state index contributed by atoms with van der Waals surface area (Å²) in [5.74, 6) is 0.214. The molecule has 2 aliphatic rings.